The van der Waals surface area contributed by atoms with Crippen LogP contribution >= 0.6 is 0 Å². The molecule has 1 fully saturated rings. The zero-order chi connectivity index (χ0) is 11.5. The van der Waals surface area contributed by atoms with Gasteiger partial charge in [-0.1, -0.05) is 6.07 Å². The minimum atomic E-state index is 0.267. The number of hydrogen-bond donors (Lipinski definition) is 1. The minimum Gasteiger partial charge on any atom is -0.373 e. The molecular weight excluding hydrogens is 202 g/mol. The Balaban J connectivity index is 2.16. The number of rotatable bonds is 2. The highest BCUT2D eigenvalue weighted by Crippen LogP contribution is 2.19. The van der Waals surface area contributed by atoms with Crippen molar-refractivity contribution in [3.63, 3.8) is 0 Å². The first-order chi connectivity index (χ1) is 7.69. The second-order valence-electron chi connectivity index (χ2n) is 4.29. The van der Waals surface area contributed by atoms with Crippen LogP contribution in [0.3, 0.4) is 0 Å². The first-order valence-electron chi connectivity index (χ1n) is 5.74. The first-order valence-corrected chi connectivity index (χ1v) is 5.74. The third-order valence-electron chi connectivity index (χ3n) is 2.73. The van der Waals surface area contributed by atoms with Gasteiger partial charge in [-0.2, -0.15) is 0 Å². The molecule has 0 aliphatic carbocycles. The number of nitrogens with zero attached hydrogens (tertiary/aromatic N) is 2. The molecule has 1 saturated heterocycles. The Morgan fingerprint density at radius 3 is 2.62 bits per heavy atom. The normalized spacial score (nSPS) is 25.6. The number of ether oxygens (including phenoxy) is 1. The van der Waals surface area contributed by atoms with Crippen molar-refractivity contribution < 1.29 is 4.74 Å². The van der Waals surface area contributed by atoms with Gasteiger partial charge >= 0.3 is 0 Å². The molecule has 0 spiro atoms. The molecule has 88 valence electrons. The van der Waals surface area contributed by atoms with Gasteiger partial charge in [0.25, 0.3) is 0 Å². The fourth-order valence-electron chi connectivity index (χ4n) is 2.10. The van der Waals surface area contributed by atoms with E-state index in [0.29, 0.717) is 0 Å². The molecule has 0 aromatic carbocycles. The molecule has 2 heterocycles. The summed E-state index contributed by atoms with van der Waals surface area (Å²) in [5, 5.41) is 3.06. The molecule has 4 nitrogen and oxygen atoms in total. The van der Waals surface area contributed by atoms with E-state index < -0.39 is 0 Å². The SMILES string of the molecule is CNc1cccc(N2CC(C)OC(C)C2)n1. The van der Waals surface area contributed by atoms with Crippen molar-refractivity contribution in [3.05, 3.63) is 18.2 Å². The Labute approximate surface area is 96.6 Å². The maximum absolute atomic E-state index is 5.71. The summed E-state index contributed by atoms with van der Waals surface area (Å²) < 4.78 is 5.71. The van der Waals surface area contributed by atoms with E-state index in [2.05, 4.69) is 29.0 Å². The molecule has 16 heavy (non-hydrogen) atoms. The Kier molecular flexibility index (Phi) is 3.29. The van der Waals surface area contributed by atoms with E-state index in [0.717, 1.165) is 24.7 Å². The van der Waals surface area contributed by atoms with E-state index >= 15 is 0 Å². The van der Waals surface area contributed by atoms with Gasteiger partial charge in [-0.15, -0.1) is 0 Å². The van der Waals surface area contributed by atoms with E-state index in [-0.39, 0.29) is 12.2 Å². The van der Waals surface area contributed by atoms with Gasteiger partial charge in [0.15, 0.2) is 0 Å². The average Bonchev–Trinajstić information content (AvgIpc) is 2.28. The van der Waals surface area contributed by atoms with Crippen LogP contribution in [0.15, 0.2) is 18.2 Å². The second-order valence-corrected chi connectivity index (χ2v) is 4.29. The van der Waals surface area contributed by atoms with Gasteiger partial charge in [0, 0.05) is 20.1 Å². The van der Waals surface area contributed by atoms with Crippen LogP contribution in [0.5, 0.6) is 0 Å². The maximum atomic E-state index is 5.71. The van der Waals surface area contributed by atoms with Crippen LogP contribution in [0, 0.1) is 0 Å². The molecular formula is C12H19N3O. The van der Waals surface area contributed by atoms with Crippen LogP contribution in [0.2, 0.25) is 0 Å². The van der Waals surface area contributed by atoms with Crippen molar-refractivity contribution in [1.29, 1.82) is 0 Å². The Morgan fingerprint density at radius 1 is 1.31 bits per heavy atom. The Morgan fingerprint density at radius 2 is 2.00 bits per heavy atom. The number of pyridine rings is 1. The summed E-state index contributed by atoms with van der Waals surface area (Å²) in [6.07, 6.45) is 0.535. The van der Waals surface area contributed by atoms with E-state index in [9.17, 15) is 0 Å². The number of anilines is 2. The fraction of sp³-hybridized carbons (Fsp3) is 0.583. The van der Waals surface area contributed by atoms with Gasteiger partial charge in [-0.25, -0.2) is 4.98 Å². The van der Waals surface area contributed by atoms with Gasteiger partial charge in [0.1, 0.15) is 11.6 Å². The maximum Gasteiger partial charge on any atom is 0.131 e. The zero-order valence-corrected chi connectivity index (χ0v) is 10.1. The summed E-state index contributed by atoms with van der Waals surface area (Å²) in [6.45, 7) is 6.02. The Bertz CT molecular complexity index is 346. The molecule has 4 heteroatoms. The highest BCUT2D eigenvalue weighted by atomic mass is 16.5. The van der Waals surface area contributed by atoms with Crippen molar-refractivity contribution in [2.45, 2.75) is 26.1 Å². The van der Waals surface area contributed by atoms with Gasteiger partial charge in [0.2, 0.25) is 0 Å². The second kappa shape index (κ2) is 4.70. The lowest BCUT2D eigenvalue weighted by atomic mass is 10.2. The molecule has 1 aromatic heterocycles. The van der Waals surface area contributed by atoms with Gasteiger partial charge in [-0.3, -0.25) is 0 Å². The highest BCUT2D eigenvalue weighted by molar-refractivity contribution is 5.47. The standard InChI is InChI=1S/C12H19N3O/c1-9-7-15(8-10(2)16-9)12-6-4-5-11(13-3)14-12/h4-6,9-10H,7-8H2,1-3H3,(H,13,14). The molecule has 2 atom stereocenters. The van der Waals surface area contributed by atoms with E-state index in [1.807, 2.05) is 25.2 Å². The average molecular weight is 221 g/mol. The number of aromatic nitrogens is 1. The summed E-state index contributed by atoms with van der Waals surface area (Å²) in [6, 6.07) is 6.04. The molecule has 2 unspecified atom stereocenters. The summed E-state index contributed by atoms with van der Waals surface area (Å²) in [4.78, 5) is 6.82. The molecule has 1 aromatic rings. The van der Waals surface area contributed by atoms with E-state index in [1.54, 1.807) is 0 Å². The summed E-state index contributed by atoms with van der Waals surface area (Å²) in [5.74, 6) is 1.93. The molecule has 1 aliphatic heterocycles. The molecule has 0 bridgehead atoms. The molecule has 0 amide bonds. The van der Waals surface area contributed by atoms with Crippen LogP contribution in [0.4, 0.5) is 11.6 Å². The number of morpholine rings is 1. The lowest BCUT2D eigenvalue weighted by Gasteiger charge is -2.36. The van der Waals surface area contributed by atoms with Crippen molar-refractivity contribution in [3.8, 4) is 0 Å². The van der Waals surface area contributed by atoms with Crippen LogP contribution in [0.1, 0.15) is 13.8 Å². The van der Waals surface area contributed by atoms with Crippen LogP contribution in [-0.2, 0) is 4.74 Å². The minimum absolute atomic E-state index is 0.267. The lowest BCUT2D eigenvalue weighted by Crippen LogP contribution is -2.45. The molecule has 1 aliphatic rings. The quantitative estimate of drug-likeness (QED) is 0.825. The van der Waals surface area contributed by atoms with Gasteiger partial charge in [0.05, 0.1) is 12.2 Å². The predicted molar refractivity (Wildman–Crippen MR) is 66.0 cm³/mol. The third kappa shape index (κ3) is 2.44. The molecule has 0 saturated carbocycles. The summed E-state index contributed by atoms with van der Waals surface area (Å²) in [7, 11) is 1.89. The van der Waals surface area contributed by atoms with E-state index in [4.69, 9.17) is 4.74 Å². The molecule has 1 N–H and O–H groups in total. The first kappa shape index (κ1) is 11.2. The lowest BCUT2D eigenvalue weighted by molar-refractivity contribution is -0.00545. The van der Waals surface area contributed by atoms with Crippen molar-refractivity contribution in [2.24, 2.45) is 0 Å². The van der Waals surface area contributed by atoms with E-state index in [1.165, 1.54) is 0 Å². The summed E-state index contributed by atoms with van der Waals surface area (Å²) in [5.41, 5.74) is 0. The third-order valence-corrected chi connectivity index (χ3v) is 2.73. The smallest absolute Gasteiger partial charge is 0.131 e. The fourth-order valence-corrected chi connectivity index (χ4v) is 2.10. The predicted octanol–water partition coefficient (Wildman–Crippen LogP) is 1.74. The number of nitrogens with one attached hydrogen (secondary N) is 1. The Hall–Kier alpha value is -1.29. The van der Waals surface area contributed by atoms with Gasteiger partial charge < -0.3 is 15.0 Å². The molecule has 0 radical (unpaired) electrons. The number of hydrogen-bond acceptors (Lipinski definition) is 4. The molecule has 2 rings (SSSR count). The van der Waals surface area contributed by atoms with Crippen molar-refractivity contribution in [1.82, 2.24) is 4.98 Å². The van der Waals surface area contributed by atoms with Crippen molar-refractivity contribution >= 4 is 11.6 Å². The van der Waals surface area contributed by atoms with Gasteiger partial charge in [-0.05, 0) is 26.0 Å². The zero-order valence-electron chi connectivity index (χ0n) is 10.1. The monoisotopic (exact) mass is 221 g/mol. The topological polar surface area (TPSA) is 37.4 Å². The highest BCUT2D eigenvalue weighted by Gasteiger charge is 2.22. The van der Waals surface area contributed by atoms with Crippen LogP contribution < -0.4 is 10.2 Å². The van der Waals surface area contributed by atoms with Crippen molar-refractivity contribution in [2.75, 3.05) is 30.4 Å². The summed E-state index contributed by atoms with van der Waals surface area (Å²) >= 11 is 0. The largest absolute Gasteiger partial charge is 0.373 e. The van der Waals surface area contributed by atoms with Crippen LogP contribution in [0.25, 0.3) is 0 Å². The van der Waals surface area contributed by atoms with Crippen LogP contribution in [-0.4, -0.2) is 37.3 Å².